The third-order valence-electron chi connectivity index (χ3n) is 3.15. The quantitative estimate of drug-likeness (QED) is 0.610. The van der Waals surface area contributed by atoms with Crippen LogP contribution in [0.3, 0.4) is 0 Å². The predicted octanol–water partition coefficient (Wildman–Crippen LogP) is 4.43. The molecule has 0 fully saturated rings. The van der Waals surface area contributed by atoms with E-state index in [0.717, 1.165) is 0 Å². The molecule has 0 saturated heterocycles. The molecule has 0 aromatic carbocycles. The largest absolute Gasteiger partial charge is 0.333 e. The molecular weight excluding hydrogens is 220 g/mol. The Kier molecular flexibility index (Phi) is 24.7. The van der Waals surface area contributed by atoms with Crippen molar-refractivity contribution < 1.29 is 4.48 Å². The van der Waals surface area contributed by atoms with Crippen LogP contribution in [0.1, 0.15) is 73.1 Å². The first-order valence-electron chi connectivity index (χ1n) is 8.09. The van der Waals surface area contributed by atoms with Crippen LogP contribution >= 0.6 is 0 Å². The topological polar surface area (TPSA) is 26.0 Å². The normalized spacial score (nSPS) is 10.0. The summed E-state index contributed by atoms with van der Waals surface area (Å²) in [5.41, 5.74) is 4.50. The Bertz CT molecular complexity index is 102. The summed E-state index contributed by atoms with van der Waals surface area (Å²) in [4.78, 5) is 0. The Morgan fingerprint density at radius 2 is 0.889 bits per heavy atom. The van der Waals surface area contributed by atoms with E-state index in [1.165, 1.54) is 69.7 Å². The zero-order chi connectivity index (χ0) is 14.9. The molecule has 2 heteroatoms. The SMILES string of the molecule is CC.CCCC[N+](C)(CCCC)CCCC.CN. The first-order chi connectivity index (χ1) is 8.68. The molecule has 2 N–H and O–H groups in total. The Morgan fingerprint density at radius 3 is 1.06 bits per heavy atom. The molecule has 0 atom stereocenters. The molecule has 0 spiro atoms. The van der Waals surface area contributed by atoms with E-state index in [4.69, 9.17) is 0 Å². The minimum atomic E-state index is 1.32. The number of unbranched alkanes of at least 4 members (excludes halogenated alkanes) is 3. The second-order valence-corrected chi connectivity index (χ2v) is 4.85. The second kappa shape index (κ2) is 19.3. The van der Waals surface area contributed by atoms with Crippen molar-refractivity contribution >= 4 is 0 Å². The van der Waals surface area contributed by atoms with Crippen molar-refractivity contribution in [2.24, 2.45) is 5.73 Å². The maximum atomic E-state index is 4.50. The van der Waals surface area contributed by atoms with Gasteiger partial charge in [0.05, 0.1) is 26.7 Å². The van der Waals surface area contributed by atoms with E-state index >= 15 is 0 Å². The Morgan fingerprint density at radius 1 is 0.667 bits per heavy atom. The Hall–Kier alpha value is -0.0800. The highest BCUT2D eigenvalue weighted by Crippen LogP contribution is 2.10. The van der Waals surface area contributed by atoms with E-state index in [1.54, 1.807) is 0 Å². The second-order valence-electron chi connectivity index (χ2n) is 4.85. The lowest BCUT2D eigenvalue weighted by atomic mass is 10.2. The van der Waals surface area contributed by atoms with E-state index < -0.39 is 0 Å². The molecule has 0 aliphatic carbocycles. The van der Waals surface area contributed by atoms with Crippen molar-refractivity contribution in [3.8, 4) is 0 Å². The van der Waals surface area contributed by atoms with Crippen molar-refractivity contribution in [1.82, 2.24) is 0 Å². The molecule has 0 aromatic heterocycles. The Balaban J connectivity index is -0.000000506. The van der Waals surface area contributed by atoms with Gasteiger partial charge >= 0.3 is 0 Å². The number of nitrogens with zero attached hydrogens (tertiary/aromatic N) is 1. The van der Waals surface area contributed by atoms with Gasteiger partial charge in [0.15, 0.2) is 0 Å². The van der Waals surface area contributed by atoms with Gasteiger partial charge in [0.1, 0.15) is 0 Å². The van der Waals surface area contributed by atoms with Crippen LogP contribution < -0.4 is 5.73 Å². The molecule has 0 unspecified atom stereocenters. The van der Waals surface area contributed by atoms with Crippen LogP contribution in [-0.2, 0) is 0 Å². The maximum absolute atomic E-state index is 4.50. The van der Waals surface area contributed by atoms with Crippen molar-refractivity contribution in [2.45, 2.75) is 73.1 Å². The van der Waals surface area contributed by atoms with E-state index in [9.17, 15) is 0 Å². The molecule has 0 rings (SSSR count). The van der Waals surface area contributed by atoms with Gasteiger partial charge in [-0.15, -0.1) is 0 Å². The van der Waals surface area contributed by atoms with Crippen molar-refractivity contribution in [3.63, 3.8) is 0 Å². The summed E-state index contributed by atoms with van der Waals surface area (Å²) < 4.78 is 1.32. The molecule has 2 nitrogen and oxygen atoms in total. The van der Waals surface area contributed by atoms with Gasteiger partial charge in [0.25, 0.3) is 0 Å². The lowest BCUT2D eigenvalue weighted by molar-refractivity contribution is -0.910. The van der Waals surface area contributed by atoms with E-state index in [2.05, 4.69) is 33.6 Å². The summed E-state index contributed by atoms with van der Waals surface area (Å²) >= 11 is 0. The van der Waals surface area contributed by atoms with Crippen LogP contribution in [-0.4, -0.2) is 38.2 Å². The van der Waals surface area contributed by atoms with Crippen molar-refractivity contribution in [3.05, 3.63) is 0 Å². The number of rotatable bonds is 9. The molecule has 0 aliphatic rings. The smallest absolute Gasteiger partial charge is 0.0784 e. The van der Waals surface area contributed by atoms with Gasteiger partial charge in [-0.3, -0.25) is 0 Å². The molecule has 18 heavy (non-hydrogen) atoms. The minimum absolute atomic E-state index is 1.32. The Labute approximate surface area is 118 Å². The first kappa shape index (κ1) is 23.0. The van der Waals surface area contributed by atoms with Gasteiger partial charge in [-0.05, 0) is 26.3 Å². The number of hydrogen-bond donors (Lipinski definition) is 1. The molecule has 0 radical (unpaired) electrons. The van der Waals surface area contributed by atoms with Crippen LogP contribution in [0.25, 0.3) is 0 Å². The maximum Gasteiger partial charge on any atom is 0.0784 e. The van der Waals surface area contributed by atoms with E-state index in [0.29, 0.717) is 0 Å². The fourth-order valence-corrected chi connectivity index (χ4v) is 1.95. The summed E-state index contributed by atoms with van der Waals surface area (Å²) in [6.45, 7) is 15.0. The van der Waals surface area contributed by atoms with Crippen LogP contribution in [0, 0.1) is 0 Å². The molecule has 0 heterocycles. The van der Waals surface area contributed by atoms with Crippen LogP contribution in [0.4, 0.5) is 0 Å². The lowest BCUT2D eigenvalue weighted by Crippen LogP contribution is -2.46. The fourth-order valence-electron chi connectivity index (χ4n) is 1.95. The molecule has 0 amide bonds. The van der Waals surface area contributed by atoms with E-state index in [1.807, 2.05) is 13.8 Å². The highest BCUT2D eigenvalue weighted by molar-refractivity contribution is 4.43. The minimum Gasteiger partial charge on any atom is -0.333 e. The highest BCUT2D eigenvalue weighted by atomic mass is 15.3. The molecule has 0 aromatic rings. The zero-order valence-electron chi connectivity index (χ0n) is 14.4. The average Bonchev–Trinajstić information content (AvgIpc) is 2.45. The summed E-state index contributed by atoms with van der Waals surface area (Å²) in [6, 6.07) is 0. The van der Waals surface area contributed by atoms with E-state index in [-0.39, 0.29) is 0 Å². The van der Waals surface area contributed by atoms with Gasteiger partial charge in [-0.25, -0.2) is 0 Å². The monoisotopic (exact) mass is 261 g/mol. The molecule has 0 aliphatic heterocycles. The van der Waals surface area contributed by atoms with Gasteiger partial charge in [-0.2, -0.15) is 0 Å². The average molecular weight is 262 g/mol. The third kappa shape index (κ3) is 15.9. The lowest BCUT2D eigenvalue weighted by Gasteiger charge is -2.34. The van der Waals surface area contributed by atoms with Crippen molar-refractivity contribution in [2.75, 3.05) is 33.7 Å². The molecule has 114 valence electrons. The first-order valence-corrected chi connectivity index (χ1v) is 8.09. The van der Waals surface area contributed by atoms with Gasteiger partial charge < -0.3 is 10.2 Å². The highest BCUT2D eigenvalue weighted by Gasteiger charge is 2.18. The van der Waals surface area contributed by atoms with Crippen LogP contribution in [0.15, 0.2) is 0 Å². The fraction of sp³-hybridized carbons (Fsp3) is 1.00. The third-order valence-corrected chi connectivity index (χ3v) is 3.15. The number of quaternary nitrogens is 1. The van der Waals surface area contributed by atoms with Crippen LogP contribution in [0.5, 0.6) is 0 Å². The van der Waals surface area contributed by atoms with Gasteiger partial charge in [0, 0.05) is 0 Å². The van der Waals surface area contributed by atoms with Crippen molar-refractivity contribution in [1.29, 1.82) is 0 Å². The van der Waals surface area contributed by atoms with Gasteiger partial charge in [0.2, 0.25) is 0 Å². The number of nitrogens with two attached hydrogens (primary N) is 1. The molecular formula is C16H41N2+. The predicted molar refractivity (Wildman–Crippen MR) is 87.0 cm³/mol. The molecule has 0 saturated carbocycles. The summed E-state index contributed by atoms with van der Waals surface area (Å²) in [7, 11) is 3.95. The summed E-state index contributed by atoms with van der Waals surface area (Å²) in [5.74, 6) is 0. The van der Waals surface area contributed by atoms with Gasteiger partial charge in [-0.1, -0.05) is 53.9 Å². The summed E-state index contributed by atoms with van der Waals surface area (Å²) in [6.07, 6.45) is 8.20. The molecule has 0 bridgehead atoms. The standard InChI is InChI=1S/C13H30N.C2H6.CH5N/c1-5-8-11-14(4,12-9-6-2)13-10-7-3;2*1-2/h5-13H2,1-4H3;1-2H3;2H2,1H3/q+1;;. The number of hydrogen-bond acceptors (Lipinski definition) is 1. The van der Waals surface area contributed by atoms with Crippen LogP contribution in [0.2, 0.25) is 0 Å². The zero-order valence-corrected chi connectivity index (χ0v) is 14.4. The summed E-state index contributed by atoms with van der Waals surface area (Å²) in [5, 5.41) is 0.